The van der Waals surface area contributed by atoms with Crippen LogP contribution in [0.25, 0.3) is 11.6 Å². The van der Waals surface area contributed by atoms with Gasteiger partial charge in [-0.3, -0.25) is 24.8 Å². The molecule has 2 N–H and O–H groups in total. The summed E-state index contributed by atoms with van der Waals surface area (Å²) in [7, 11) is 4.83. The van der Waals surface area contributed by atoms with Gasteiger partial charge in [0.05, 0.1) is 71.0 Å². The highest BCUT2D eigenvalue weighted by molar-refractivity contribution is 6.31. The number of carbonyl (C=O) groups is 3. The van der Waals surface area contributed by atoms with Crippen LogP contribution in [0.1, 0.15) is 92.7 Å². The predicted molar refractivity (Wildman–Crippen MR) is 223 cm³/mol. The Morgan fingerprint density at radius 2 is 1.63 bits per heavy atom. The zero-order valence-corrected chi connectivity index (χ0v) is 33.6. The molecule has 6 aliphatic rings. The molecule has 290 valence electrons. The predicted octanol–water partition coefficient (Wildman–Crippen LogP) is 7.91. The summed E-state index contributed by atoms with van der Waals surface area (Å²) in [5.41, 5.74) is 13.6. The van der Waals surface area contributed by atoms with Crippen molar-refractivity contribution in [3.63, 3.8) is 0 Å². The van der Waals surface area contributed by atoms with Gasteiger partial charge in [0.1, 0.15) is 6.29 Å². The van der Waals surface area contributed by atoms with E-state index in [2.05, 4.69) is 61.8 Å². The number of hydrogen-bond donors (Lipinski definition) is 2. The highest BCUT2D eigenvalue weighted by Gasteiger charge is 2.68. The van der Waals surface area contributed by atoms with Crippen LogP contribution in [-0.2, 0) is 24.5 Å². The van der Waals surface area contributed by atoms with Crippen LogP contribution in [0.15, 0.2) is 102 Å². The van der Waals surface area contributed by atoms with Crippen LogP contribution in [0, 0.1) is 17.7 Å². The van der Waals surface area contributed by atoms with Crippen molar-refractivity contribution in [3.8, 4) is 0 Å². The van der Waals surface area contributed by atoms with E-state index in [-0.39, 0.29) is 30.8 Å². The molecular weight excluding hydrogens is 717 g/mol. The topological polar surface area (TPSA) is 150 Å². The molecule has 8 rings (SSSR count). The number of ether oxygens (including phenoxy) is 2. The van der Waals surface area contributed by atoms with Gasteiger partial charge < -0.3 is 19.4 Å². The van der Waals surface area contributed by atoms with Crippen molar-refractivity contribution < 1.29 is 23.9 Å². The van der Waals surface area contributed by atoms with Crippen LogP contribution in [0.5, 0.6) is 0 Å². The van der Waals surface area contributed by atoms with Crippen LogP contribution < -0.4 is 4.90 Å². The van der Waals surface area contributed by atoms with E-state index >= 15 is 0 Å². The molecule has 57 heavy (non-hydrogen) atoms. The number of aliphatic imine (C=N–C) groups is 3. The number of allylic oxidation sites excluding steroid dienone is 8. The Labute approximate surface area is 332 Å². The molecule has 0 saturated heterocycles. The standard InChI is InChI=1S/C46H46N6O5/c1-9-46-43-32-18-28(22-47)44(46)52(6)38-13-10-27(23-53)17-33(38)45(46,5)39(51-43)21-35-26(4)31(12-15-41(55)57-8)37(50-35)20-36-30(11-14-40(54)56-7)25(3)34(49-36)19-29-16-24(2)42(32)48-29/h10,13,16-21,23,44,47-48H,9,11-12,14-15H2,1-8H3/t44-,45+,46+/m1/s1. The van der Waals surface area contributed by atoms with E-state index in [0.717, 1.165) is 85.0 Å². The molecule has 0 amide bonds. The van der Waals surface area contributed by atoms with Gasteiger partial charge >= 0.3 is 11.9 Å². The lowest BCUT2D eigenvalue weighted by atomic mass is 9.48. The number of hydrogen-bond acceptors (Lipinski definition) is 10. The first kappa shape index (κ1) is 37.7. The molecular formula is C46H46N6O5. The maximum Gasteiger partial charge on any atom is 0.305 e. The molecule has 8 bridgehead atoms. The zero-order valence-electron chi connectivity index (χ0n) is 33.6. The first-order valence-corrected chi connectivity index (χ1v) is 19.4. The number of aromatic nitrogens is 1. The van der Waals surface area contributed by atoms with E-state index in [1.54, 1.807) is 0 Å². The zero-order chi connectivity index (χ0) is 40.6. The number of benzene rings is 1. The fourth-order valence-electron chi connectivity index (χ4n) is 10.1. The molecule has 3 atom stereocenters. The largest absolute Gasteiger partial charge is 0.469 e. The monoisotopic (exact) mass is 762 g/mol. The fourth-order valence-corrected chi connectivity index (χ4v) is 10.1. The summed E-state index contributed by atoms with van der Waals surface area (Å²) in [6.07, 6.45) is 10.8. The smallest absolute Gasteiger partial charge is 0.305 e. The molecule has 11 nitrogen and oxygen atoms in total. The highest BCUT2D eigenvalue weighted by atomic mass is 16.5. The van der Waals surface area contributed by atoms with E-state index in [1.165, 1.54) is 14.2 Å². The maximum absolute atomic E-state index is 12.5. The maximum atomic E-state index is 12.5. The minimum Gasteiger partial charge on any atom is -0.469 e. The Hall–Kier alpha value is -6.19. The van der Waals surface area contributed by atoms with E-state index in [1.807, 2.05) is 44.2 Å². The summed E-state index contributed by atoms with van der Waals surface area (Å²) in [6, 6.07) is 7.64. The molecule has 0 spiro atoms. The quantitative estimate of drug-likeness (QED) is 0.159. The number of aldehydes is 1. The van der Waals surface area contributed by atoms with Gasteiger partial charge in [-0.05, 0) is 135 Å². The van der Waals surface area contributed by atoms with Crippen LogP contribution in [0.3, 0.4) is 0 Å². The van der Waals surface area contributed by atoms with Crippen molar-refractivity contribution >= 4 is 58.6 Å². The van der Waals surface area contributed by atoms with Gasteiger partial charge in [-0.1, -0.05) is 6.92 Å². The minimum atomic E-state index is -0.783. The third-order valence-corrected chi connectivity index (χ3v) is 13.1. The highest BCUT2D eigenvalue weighted by Crippen LogP contribution is 2.67. The van der Waals surface area contributed by atoms with Crippen LogP contribution in [0.4, 0.5) is 5.69 Å². The Kier molecular flexibility index (Phi) is 9.12. The van der Waals surface area contributed by atoms with E-state index in [0.29, 0.717) is 41.9 Å². The van der Waals surface area contributed by atoms with Gasteiger partial charge in [-0.15, -0.1) is 0 Å². The molecule has 0 fully saturated rings. The molecule has 11 heteroatoms. The van der Waals surface area contributed by atoms with Gasteiger partial charge in [-0.2, -0.15) is 0 Å². The second-order valence-electron chi connectivity index (χ2n) is 15.7. The SMILES string of the molecule is CC[C@]12C3=NC4=CC5=NC(=CC6=NC(=Cc7cc(C)c([nH]7)C3=CC(=C=N)[C@H]1N(C)c1ccc(C=O)cc1[C@@]42C)C(C)=C6CCC(=O)OC)C(CCC(=O)OC)=C5C. The lowest BCUT2D eigenvalue weighted by Crippen LogP contribution is -2.64. The normalized spacial score (nSPS) is 24.1. The lowest BCUT2D eigenvalue weighted by molar-refractivity contribution is -0.141. The number of likely N-dealkylation sites (N-methyl/N-ethyl adjacent to an activating group) is 1. The number of methoxy groups -OCH3 is 2. The number of nitrogens with zero attached hydrogens (tertiary/aromatic N) is 4. The summed E-state index contributed by atoms with van der Waals surface area (Å²) in [5, 5.41) is 8.71. The summed E-state index contributed by atoms with van der Waals surface area (Å²) in [5.74, 6) is 2.22. The average Bonchev–Trinajstić information content (AvgIpc) is 3.90. The van der Waals surface area contributed by atoms with Crippen LogP contribution in [0.2, 0.25) is 0 Å². The Morgan fingerprint density at radius 1 is 0.930 bits per heavy atom. The number of anilines is 1. The Bertz CT molecular complexity index is 2560. The van der Waals surface area contributed by atoms with Crippen molar-refractivity contribution in [1.29, 1.82) is 5.41 Å². The molecule has 0 radical (unpaired) electrons. The molecule has 1 aliphatic carbocycles. The van der Waals surface area contributed by atoms with E-state index in [9.17, 15) is 14.4 Å². The molecule has 1 aromatic carbocycles. The number of esters is 2. The number of rotatable bonds is 8. The van der Waals surface area contributed by atoms with Crippen molar-refractivity contribution in [2.45, 2.75) is 78.2 Å². The molecule has 5 aliphatic heterocycles. The molecule has 0 saturated carbocycles. The van der Waals surface area contributed by atoms with Gasteiger partial charge in [0.15, 0.2) is 0 Å². The number of H-pyrrole nitrogens is 1. The fraction of sp³-hybridized carbons (Fsp3) is 0.348. The first-order valence-electron chi connectivity index (χ1n) is 19.4. The third-order valence-electron chi connectivity index (χ3n) is 13.1. The Morgan fingerprint density at radius 3 is 2.30 bits per heavy atom. The van der Waals surface area contributed by atoms with Crippen molar-refractivity contribution in [2.24, 2.45) is 20.4 Å². The second-order valence-corrected chi connectivity index (χ2v) is 15.7. The van der Waals surface area contributed by atoms with Gasteiger partial charge in [0.25, 0.3) is 0 Å². The van der Waals surface area contributed by atoms with Gasteiger partial charge in [-0.25, -0.2) is 9.98 Å². The summed E-state index contributed by atoms with van der Waals surface area (Å²) in [6.45, 7) is 10.5. The molecule has 0 unspecified atom stereocenters. The molecule has 6 heterocycles. The van der Waals surface area contributed by atoms with Gasteiger partial charge in [0.2, 0.25) is 0 Å². The van der Waals surface area contributed by atoms with Crippen LogP contribution >= 0.6 is 0 Å². The number of carbonyl (C=O) groups excluding carboxylic acids is 3. The molecule has 2 aromatic rings. The molecule has 1 aromatic heterocycles. The Balaban J connectivity index is 1.46. The van der Waals surface area contributed by atoms with Gasteiger partial charge in [0, 0.05) is 48.0 Å². The van der Waals surface area contributed by atoms with Crippen molar-refractivity contribution in [1.82, 2.24) is 4.98 Å². The first-order chi connectivity index (χ1) is 27.3. The number of aromatic amines is 1. The lowest BCUT2D eigenvalue weighted by Gasteiger charge is -2.59. The second kappa shape index (κ2) is 13.8. The number of fused-ring (bicyclic) bond motifs is 9. The number of nitrogens with one attached hydrogen (secondary N) is 2. The minimum absolute atomic E-state index is 0.164. The van der Waals surface area contributed by atoms with Crippen LogP contribution in [-0.4, -0.2) is 73.5 Å². The summed E-state index contributed by atoms with van der Waals surface area (Å²) in [4.78, 5) is 59.3. The van der Waals surface area contributed by atoms with Crippen molar-refractivity contribution in [2.75, 3.05) is 26.2 Å². The van der Waals surface area contributed by atoms with Crippen molar-refractivity contribution in [3.05, 3.63) is 116 Å². The third kappa shape index (κ3) is 5.43. The summed E-state index contributed by atoms with van der Waals surface area (Å²) < 4.78 is 10.1. The summed E-state index contributed by atoms with van der Waals surface area (Å²) >= 11 is 0. The average molecular weight is 763 g/mol. The number of aryl methyl sites for hydroxylation is 1. The van der Waals surface area contributed by atoms with E-state index in [4.69, 9.17) is 29.9 Å². The van der Waals surface area contributed by atoms with E-state index < -0.39 is 10.8 Å².